The van der Waals surface area contributed by atoms with Gasteiger partial charge in [-0.1, -0.05) is 13.0 Å². The van der Waals surface area contributed by atoms with Gasteiger partial charge in [0.05, 0.1) is 0 Å². The van der Waals surface area contributed by atoms with Crippen LogP contribution in [0.15, 0.2) is 23.1 Å². The number of nitrogens with one attached hydrogen (secondary N) is 2. The van der Waals surface area contributed by atoms with Crippen molar-refractivity contribution in [1.29, 1.82) is 0 Å². The molecule has 0 saturated heterocycles. The van der Waals surface area contributed by atoms with Gasteiger partial charge in [0.1, 0.15) is 0 Å². The molecule has 16 heavy (non-hydrogen) atoms. The molecule has 0 aliphatic rings. The highest BCUT2D eigenvalue weighted by molar-refractivity contribution is 5.73. The summed E-state index contributed by atoms with van der Waals surface area (Å²) in [6, 6.07) is 3.25. The van der Waals surface area contributed by atoms with E-state index in [9.17, 15) is 9.59 Å². The maximum absolute atomic E-state index is 11.6. The molecule has 0 radical (unpaired) electrons. The van der Waals surface area contributed by atoms with Gasteiger partial charge in [0.25, 0.3) is 5.56 Å². The summed E-state index contributed by atoms with van der Waals surface area (Å²) in [7, 11) is 1.68. The van der Waals surface area contributed by atoms with Crippen LogP contribution in [0.4, 0.5) is 4.79 Å². The number of aryl methyl sites for hydroxylation is 1. The number of pyridine rings is 1. The number of amides is 2. The molecular weight excluding hydrogens is 206 g/mol. The molecule has 0 unspecified atom stereocenters. The number of carbonyl (C=O) groups excluding carboxylic acids is 1. The van der Waals surface area contributed by atoms with Crippen molar-refractivity contribution in [1.82, 2.24) is 15.2 Å². The van der Waals surface area contributed by atoms with Gasteiger partial charge in [-0.2, -0.15) is 0 Å². The highest BCUT2D eigenvalue weighted by Gasteiger charge is 2.02. The Hall–Kier alpha value is -1.78. The van der Waals surface area contributed by atoms with E-state index in [2.05, 4.69) is 10.6 Å². The standard InChI is InChI=1S/C11H17N3O2/c1-3-6-12-11(16)13-8-9-5-4-7-14(2)10(9)15/h4-5,7H,3,6,8H2,1-2H3,(H2,12,13,16). The first kappa shape index (κ1) is 12.3. The van der Waals surface area contributed by atoms with Crippen molar-refractivity contribution in [3.8, 4) is 0 Å². The Labute approximate surface area is 94.5 Å². The van der Waals surface area contributed by atoms with Crippen LogP contribution in [0.3, 0.4) is 0 Å². The number of hydrogen-bond donors (Lipinski definition) is 2. The highest BCUT2D eigenvalue weighted by Crippen LogP contribution is 1.89. The van der Waals surface area contributed by atoms with E-state index in [1.165, 1.54) is 4.57 Å². The minimum atomic E-state index is -0.243. The lowest BCUT2D eigenvalue weighted by Crippen LogP contribution is -2.37. The minimum absolute atomic E-state index is 0.0849. The van der Waals surface area contributed by atoms with Gasteiger partial charge < -0.3 is 15.2 Å². The number of carbonyl (C=O) groups is 1. The van der Waals surface area contributed by atoms with E-state index in [0.717, 1.165) is 6.42 Å². The van der Waals surface area contributed by atoms with Crippen LogP contribution in [0.25, 0.3) is 0 Å². The second-order valence-corrected chi connectivity index (χ2v) is 3.56. The lowest BCUT2D eigenvalue weighted by Gasteiger charge is -2.06. The lowest BCUT2D eigenvalue weighted by atomic mass is 10.3. The van der Waals surface area contributed by atoms with Crippen LogP contribution < -0.4 is 16.2 Å². The molecule has 2 N–H and O–H groups in total. The van der Waals surface area contributed by atoms with Gasteiger partial charge in [-0.3, -0.25) is 4.79 Å². The molecule has 0 aliphatic carbocycles. The summed E-state index contributed by atoms with van der Waals surface area (Å²) in [5, 5.41) is 5.32. The monoisotopic (exact) mass is 223 g/mol. The third kappa shape index (κ3) is 3.42. The van der Waals surface area contributed by atoms with Crippen LogP contribution in [-0.2, 0) is 13.6 Å². The SMILES string of the molecule is CCCNC(=O)NCc1cccn(C)c1=O. The van der Waals surface area contributed by atoms with Gasteiger partial charge >= 0.3 is 6.03 Å². The van der Waals surface area contributed by atoms with E-state index in [0.29, 0.717) is 12.1 Å². The molecule has 2 amide bonds. The van der Waals surface area contributed by atoms with E-state index in [1.54, 1.807) is 25.4 Å². The van der Waals surface area contributed by atoms with Crippen molar-refractivity contribution in [2.45, 2.75) is 19.9 Å². The average molecular weight is 223 g/mol. The Morgan fingerprint density at radius 2 is 2.19 bits per heavy atom. The van der Waals surface area contributed by atoms with Gasteiger partial charge in [0, 0.05) is 31.9 Å². The number of hydrogen-bond acceptors (Lipinski definition) is 2. The summed E-state index contributed by atoms with van der Waals surface area (Å²) in [6.07, 6.45) is 2.57. The van der Waals surface area contributed by atoms with E-state index in [4.69, 9.17) is 0 Å². The largest absolute Gasteiger partial charge is 0.338 e. The Bertz CT molecular complexity index is 412. The Morgan fingerprint density at radius 1 is 1.44 bits per heavy atom. The van der Waals surface area contributed by atoms with Crippen LogP contribution in [0.5, 0.6) is 0 Å². The van der Waals surface area contributed by atoms with Crippen LogP contribution in [-0.4, -0.2) is 17.1 Å². The average Bonchev–Trinajstić information content (AvgIpc) is 2.28. The van der Waals surface area contributed by atoms with Gasteiger partial charge in [0.15, 0.2) is 0 Å². The van der Waals surface area contributed by atoms with Crippen molar-refractivity contribution in [3.63, 3.8) is 0 Å². The predicted molar refractivity (Wildman–Crippen MR) is 62.2 cm³/mol. The highest BCUT2D eigenvalue weighted by atomic mass is 16.2. The molecule has 0 atom stereocenters. The minimum Gasteiger partial charge on any atom is -0.338 e. The van der Waals surface area contributed by atoms with Gasteiger partial charge in [-0.15, -0.1) is 0 Å². The quantitative estimate of drug-likeness (QED) is 0.785. The van der Waals surface area contributed by atoms with Gasteiger partial charge in [-0.25, -0.2) is 4.79 Å². The molecule has 0 spiro atoms. The number of aromatic nitrogens is 1. The fourth-order valence-corrected chi connectivity index (χ4v) is 1.26. The van der Waals surface area contributed by atoms with Crippen LogP contribution in [0, 0.1) is 0 Å². The maximum atomic E-state index is 11.6. The topological polar surface area (TPSA) is 63.1 Å². The fourth-order valence-electron chi connectivity index (χ4n) is 1.26. The van der Waals surface area contributed by atoms with Crippen molar-refractivity contribution in [3.05, 3.63) is 34.2 Å². The summed E-state index contributed by atoms with van der Waals surface area (Å²) >= 11 is 0. The number of urea groups is 1. The molecule has 0 bridgehead atoms. The smallest absolute Gasteiger partial charge is 0.315 e. The van der Waals surface area contributed by atoms with Crippen molar-refractivity contribution in [2.75, 3.05) is 6.54 Å². The van der Waals surface area contributed by atoms with E-state index >= 15 is 0 Å². The molecule has 5 nitrogen and oxygen atoms in total. The number of nitrogens with zero attached hydrogens (tertiary/aromatic N) is 1. The van der Waals surface area contributed by atoms with Crippen molar-refractivity contribution < 1.29 is 4.79 Å². The van der Waals surface area contributed by atoms with E-state index in [-0.39, 0.29) is 18.1 Å². The Morgan fingerprint density at radius 3 is 2.88 bits per heavy atom. The van der Waals surface area contributed by atoms with E-state index in [1.807, 2.05) is 6.92 Å². The molecule has 0 aliphatic heterocycles. The zero-order valence-electron chi connectivity index (χ0n) is 9.62. The molecule has 88 valence electrons. The summed E-state index contributed by atoms with van der Waals surface area (Å²) in [6.45, 7) is 2.87. The lowest BCUT2D eigenvalue weighted by molar-refractivity contribution is 0.240. The third-order valence-corrected chi connectivity index (χ3v) is 2.18. The van der Waals surface area contributed by atoms with Gasteiger partial charge in [-0.05, 0) is 12.5 Å². The van der Waals surface area contributed by atoms with E-state index < -0.39 is 0 Å². The Balaban J connectivity index is 2.52. The zero-order valence-corrected chi connectivity index (χ0v) is 9.62. The molecule has 5 heteroatoms. The number of rotatable bonds is 4. The predicted octanol–water partition coefficient (Wildman–Crippen LogP) is 0.594. The molecule has 1 heterocycles. The molecule has 0 aromatic carbocycles. The first-order valence-corrected chi connectivity index (χ1v) is 5.31. The van der Waals surface area contributed by atoms with Gasteiger partial charge in [0.2, 0.25) is 0 Å². The fraction of sp³-hybridized carbons (Fsp3) is 0.455. The zero-order chi connectivity index (χ0) is 12.0. The van der Waals surface area contributed by atoms with Crippen LogP contribution in [0.2, 0.25) is 0 Å². The summed E-state index contributed by atoms with van der Waals surface area (Å²) in [5.74, 6) is 0. The van der Waals surface area contributed by atoms with Crippen LogP contribution >= 0.6 is 0 Å². The first-order chi connectivity index (χ1) is 7.65. The Kier molecular flexibility index (Phi) is 4.57. The normalized spacial score (nSPS) is 9.88. The third-order valence-electron chi connectivity index (χ3n) is 2.18. The summed E-state index contributed by atoms with van der Waals surface area (Å²) in [4.78, 5) is 22.8. The molecular formula is C11H17N3O2. The second kappa shape index (κ2) is 5.95. The van der Waals surface area contributed by atoms with Crippen molar-refractivity contribution >= 4 is 6.03 Å². The molecule has 1 aromatic rings. The molecule has 0 fully saturated rings. The van der Waals surface area contributed by atoms with Crippen LogP contribution in [0.1, 0.15) is 18.9 Å². The summed E-state index contributed by atoms with van der Waals surface area (Å²) < 4.78 is 1.49. The molecule has 1 rings (SSSR count). The maximum Gasteiger partial charge on any atom is 0.315 e. The van der Waals surface area contributed by atoms with Crippen molar-refractivity contribution in [2.24, 2.45) is 7.05 Å². The molecule has 0 saturated carbocycles. The second-order valence-electron chi connectivity index (χ2n) is 3.56. The summed E-state index contributed by atoms with van der Waals surface area (Å²) in [5.41, 5.74) is 0.495. The first-order valence-electron chi connectivity index (χ1n) is 5.31. The molecule has 1 aromatic heterocycles.